The Morgan fingerprint density at radius 2 is 0.735 bits per heavy atom. The molecule has 476 valence electrons. The first-order valence-corrected chi connectivity index (χ1v) is 35.5. The maximum Gasteiger partial charge on any atom is 0.268 e. The van der Waals surface area contributed by atoms with E-state index in [9.17, 15) is 19.4 Å². The number of quaternary nitrogens is 1. The molecule has 0 fully saturated rings. The molecule has 0 spiro atoms. The van der Waals surface area contributed by atoms with Gasteiger partial charge in [0.05, 0.1) is 39.9 Å². The minimum absolute atomic E-state index is 0.00855. The minimum atomic E-state index is -4.61. The zero-order valence-corrected chi connectivity index (χ0v) is 55.2. The van der Waals surface area contributed by atoms with Gasteiger partial charge in [-0.25, -0.2) is 0 Å². The summed E-state index contributed by atoms with van der Waals surface area (Å²) in [7, 11) is 1.24. The van der Waals surface area contributed by atoms with Crippen LogP contribution < -0.4 is 10.2 Å². The zero-order chi connectivity index (χ0) is 60.5. The van der Waals surface area contributed by atoms with Crippen LogP contribution >= 0.6 is 7.82 Å². The van der Waals surface area contributed by atoms with Crippen molar-refractivity contribution in [2.45, 2.75) is 289 Å². The van der Waals surface area contributed by atoms with Crippen LogP contribution in [-0.4, -0.2) is 68.5 Å². The molecule has 83 heavy (non-hydrogen) atoms. The summed E-state index contributed by atoms with van der Waals surface area (Å²) >= 11 is 0. The molecular weight excluding hydrogens is 1040 g/mol. The molecule has 0 radical (unpaired) electrons. The Bertz CT molecular complexity index is 1810. The van der Waals surface area contributed by atoms with E-state index in [-0.39, 0.29) is 19.1 Å². The number of hydrogen-bond acceptors (Lipinski definition) is 6. The van der Waals surface area contributed by atoms with Gasteiger partial charge in [-0.05, 0) is 96.3 Å². The summed E-state index contributed by atoms with van der Waals surface area (Å²) in [6.45, 7) is 4.54. The van der Waals surface area contributed by atoms with E-state index in [1.165, 1.54) is 141 Å². The Hall–Kier alpha value is -3.36. The highest BCUT2D eigenvalue weighted by atomic mass is 31.2. The molecule has 1 amide bonds. The molecule has 9 heteroatoms. The zero-order valence-electron chi connectivity index (χ0n) is 54.4. The number of aliphatic hydroxyl groups is 1. The summed E-state index contributed by atoms with van der Waals surface area (Å²) in [5, 5.41) is 13.9. The molecule has 0 aliphatic carbocycles. The first kappa shape index (κ1) is 79.6. The molecule has 0 saturated carbocycles. The SMILES string of the molecule is CC/C=C\C/C=C\C/C=C\C/C=C\C/C=C\C/C=C\C/C=C\C/C=C\C/C=C\C/C=C\CCCCCCCCCCC(=O)NC(COP(=O)([O-])OCC[N+](C)(C)C)C(O)/C=C/CCCCCCCCCCCCCCCCCCCCCC. The van der Waals surface area contributed by atoms with Crippen LogP contribution in [-0.2, 0) is 18.4 Å². The van der Waals surface area contributed by atoms with Crippen LogP contribution in [0.2, 0.25) is 0 Å². The summed E-state index contributed by atoms with van der Waals surface area (Å²) in [6.07, 6.45) is 95.5. The molecule has 0 saturated heterocycles. The Morgan fingerprint density at radius 1 is 0.434 bits per heavy atom. The van der Waals surface area contributed by atoms with Crippen molar-refractivity contribution in [1.82, 2.24) is 5.32 Å². The van der Waals surface area contributed by atoms with Gasteiger partial charge in [0.1, 0.15) is 13.2 Å². The van der Waals surface area contributed by atoms with Crippen LogP contribution in [0.15, 0.2) is 134 Å². The third kappa shape index (κ3) is 66.0. The minimum Gasteiger partial charge on any atom is -0.756 e. The number of amides is 1. The van der Waals surface area contributed by atoms with E-state index in [4.69, 9.17) is 9.05 Å². The Kier molecular flexibility index (Phi) is 60.6. The Labute approximate surface area is 513 Å². The standard InChI is InChI=1S/C74H129N2O6P/c1-6-8-10-12-14-16-18-20-22-24-26-28-30-31-32-33-34-35-36-37-38-39-40-41-42-43-44-45-46-48-50-52-54-56-58-60-62-64-66-68-74(78)75-72(71-82-83(79,80)81-70-69-76(3,4)5)73(77)67-65-63-61-59-57-55-53-51-49-47-29-27-25-23-21-19-17-15-13-11-9-7-2/h8,10,14,16,20,22,26,28,31-32,34-35,37-38,40-41,43-44,46,48,65,67,72-73,77H,6-7,9,11-13,15,17-19,21,23-25,27,29-30,33,36,39,42,45,47,49-64,66,68-71H2,1-5H3,(H-,75,78,79,80)/b10-8-,16-14-,22-20-,28-26-,32-31-,35-34-,38-37-,41-40-,44-43-,48-46-,67-65+. The van der Waals surface area contributed by atoms with Crippen LogP contribution in [0.1, 0.15) is 277 Å². The number of aliphatic hydroxyl groups excluding tert-OH is 1. The molecule has 3 unspecified atom stereocenters. The fourth-order valence-electron chi connectivity index (χ4n) is 9.36. The van der Waals surface area contributed by atoms with E-state index in [0.29, 0.717) is 17.4 Å². The molecule has 0 aromatic carbocycles. The second kappa shape index (κ2) is 63.2. The monoisotopic (exact) mass is 1170 g/mol. The molecule has 0 aliphatic heterocycles. The lowest BCUT2D eigenvalue weighted by Crippen LogP contribution is -2.45. The quantitative estimate of drug-likeness (QED) is 0.0272. The fraction of sp³-hybridized carbons (Fsp3) is 0.689. The Morgan fingerprint density at radius 3 is 1.07 bits per heavy atom. The molecule has 3 atom stereocenters. The average molecular weight is 1170 g/mol. The van der Waals surface area contributed by atoms with Gasteiger partial charge in [-0.3, -0.25) is 9.36 Å². The number of unbranched alkanes of at least 4 members (excludes halogenated alkanes) is 28. The largest absolute Gasteiger partial charge is 0.756 e. The van der Waals surface area contributed by atoms with Crippen molar-refractivity contribution in [2.75, 3.05) is 40.9 Å². The van der Waals surface area contributed by atoms with Gasteiger partial charge in [-0.15, -0.1) is 0 Å². The predicted octanol–water partition coefficient (Wildman–Crippen LogP) is 21.2. The van der Waals surface area contributed by atoms with E-state index >= 15 is 0 Å². The van der Waals surface area contributed by atoms with Crippen LogP contribution in [0.5, 0.6) is 0 Å². The molecule has 2 N–H and O–H groups in total. The third-order valence-electron chi connectivity index (χ3n) is 14.6. The van der Waals surface area contributed by atoms with Gasteiger partial charge in [0, 0.05) is 6.42 Å². The van der Waals surface area contributed by atoms with Crippen LogP contribution in [0.25, 0.3) is 0 Å². The molecule has 0 heterocycles. The second-order valence-corrected chi connectivity index (χ2v) is 25.2. The number of likely N-dealkylation sites (N-methyl/N-ethyl adjacent to an activating group) is 1. The van der Waals surface area contributed by atoms with Gasteiger partial charge in [-0.2, -0.15) is 0 Å². The van der Waals surface area contributed by atoms with Gasteiger partial charge < -0.3 is 28.8 Å². The first-order chi connectivity index (χ1) is 40.5. The number of nitrogens with one attached hydrogen (secondary N) is 1. The number of phosphoric ester groups is 1. The van der Waals surface area contributed by atoms with Gasteiger partial charge in [0.25, 0.3) is 7.82 Å². The summed E-state index contributed by atoms with van der Waals surface area (Å²) in [4.78, 5) is 25.6. The fourth-order valence-corrected chi connectivity index (χ4v) is 10.1. The number of nitrogens with zero attached hydrogens (tertiary/aromatic N) is 1. The topological polar surface area (TPSA) is 108 Å². The van der Waals surface area contributed by atoms with E-state index in [0.717, 1.165) is 116 Å². The lowest BCUT2D eigenvalue weighted by Gasteiger charge is -2.29. The van der Waals surface area contributed by atoms with Crippen molar-refractivity contribution in [3.8, 4) is 0 Å². The molecule has 0 aromatic rings. The van der Waals surface area contributed by atoms with Crippen molar-refractivity contribution in [2.24, 2.45) is 0 Å². The van der Waals surface area contributed by atoms with E-state index in [1.54, 1.807) is 6.08 Å². The normalized spacial score (nSPS) is 14.5. The summed E-state index contributed by atoms with van der Waals surface area (Å²) < 4.78 is 23.4. The van der Waals surface area contributed by atoms with Gasteiger partial charge in [-0.1, -0.05) is 308 Å². The van der Waals surface area contributed by atoms with Crippen molar-refractivity contribution >= 4 is 13.7 Å². The highest BCUT2D eigenvalue weighted by Gasteiger charge is 2.23. The number of carbonyl (C=O) groups is 1. The number of allylic oxidation sites excluding steroid dienone is 21. The van der Waals surface area contributed by atoms with Crippen LogP contribution in [0.4, 0.5) is 0 Å². The summed E-state index contributed by atoms with van der Waals surface area (Å²) in [5.41, 5.74) is 0. The van der Waals surface area contributed by atoms with Gasteiger partial charge in [0.15, 0.2) is 0 Å². The lowest BCUT2D eigenvalue weighted by molar-refractivity contribution is -0.870. The summed E-state index contributed by atoms with van der Waals surface area (Å²) in [5.74, 6) is -0.209. The molecule has 8 nitrogen and oxygen atoms in total. The van der Waals surface area contributed by atoms with Crippen LogP contribution in [0, 0.1) is 0 Å². The molecule has 0 aromatic heterocycles. The predicted molar refractivity (Wildman–Crippen MR) is 362 cm³/mol. The smallest absolute Gasteiger partial charge is 0.268 e. The summed E-state index contributed by atoms with van der Waals surface area (Å²) in [6, 6.07) is -0.902. The highest BCUT2D eigenvalue weighted by molar-refractivity contribution is 7.45. The van der Waals surface area contributed by atoms with E-state index < -0.39 is 20.0 Å². The van der Waals surface area contributed by atoms with E-state index in [2.05, 4.69) is 141 Å². The molecular formula is C74H129N2O6P. The number of hydrogen-bond donors (Lipinski definition) is 2. The van der Waals surface area contributed by atoms with Gasteiger partial charge >= 0.3 is 0 Å². The van der Waals surface area contributed by atoms with E-state index in [1.807, 2.05) is 27.2 Å². The number of phosphoric acid groups is 1. The number of carbonyl (C=O) groups excluding carboxylic acids is 1. The maximum absolute atomic E-state index is 13.0. The van der Waals surface area contributed by atoms with Crippen molar-refractivity contribution in [1.29, 1.82) is 0 Å². The highest BCUT2D eigenvalue weighted by Crippen LogP contribution is 2.38. The molecule has 0 bridgehead atoms. The maximum atomic E-state index is 13.0. The molecule has 0 aliphatic rings. The van der Waals surface area contributed by atoms with Gasteiger partial charge in [0.2, 0.25) is 5.91 Å². The first-order valence-electron chi connectivity index (χ1n) is 34.0. The Balaban J connectivity index is 4.16. The van der Waals surface area contributed by atoms with Crippen molar-refractivity contribution in [3.63, 3.8) is 0 Å². The van der Waals surface area contributed by atoms with Crippen LogP contribution in [0.3, 0.4) is 0 Å². The average Bonchev–Trinajstić information content (AvgIpc) is 3.50. The van der Waals surface area contributed by atoms with Crippen molar-refractivity contribution in [3.05, 3.63) is 134 Å². The number of rotatable bonds is 61. The lowest BCUT2D eigenvalue weighted by atomic mass is 10.0. The van der Waals surface area contributed by atoms with Crippen molar-refractivity contribution < 1.29 is 32.9 Å². The second-order valence-electron chi connectivity index (χ2n) is 23.8. The third-order valence-corrected chi connectivity index (χ3v) is 15.6. The molecule has 0 rings (SSSR count).